The number of rotatable bonds is 5. The molecule has 22 heavy (non-hydrogen) atoms. The summed E-state index contributed by atoms with van der Waals surface area (Å²) in [6.45, 7) is 1.97. The molecule has 0 unspecified atom stereocenters. The molecule has 2 amide bonds. The summed E-state index contributed by atoms with van der Waals surface area (Å²) in [7, 11) is 0. The van der Waals surface area contributed by atoms with E-state index in [9.17, 15) is 9.59 Å². The van der Waals surface area contributed by atoms with Crippen molar-refractivity contribution in [2.75, 3.05) is 5.32 Å². The van der Waals surface area contributed by atoms with Gasteiger partial charge in [0.2, 0.25) is 5.91 Å². The molecule has 0 aliphatic heterocycles. The maximum absolute atomic E-state index is 12.7. The Kier molecular flexibility index (Phi) is 4.15. The zero-order valence-corrected chi connectivity index (χ0v) is 13.0. The van der Waals surface area contributed by atoms with Gasteiger partial charge in [0.25, 0.3) is 5.91 Å². The van der Waals surface area contributed by atoms with Crippen molar-refractivity contribution in [2.24, 2.45) is 0 Å². The van der Waals surface area contributed by atoms with Gasteiger partial charge in [-0.15, -0.1) is 11.3 Å². The summed E-state index contributed by atoms with van der Waals surface area (Å²) < 4.78 is 0. The van der Waals surface area contributed by atoms with Crippen molar-refractivity contribution >= 4 is 28.3 Å². The monoisotopic (exact) mass is 316 g/mol. The lowest BCUT2D eigenvalue weighted by atomic mass is 10.2. The molecule has 1 N–H and O–H groups in total. The van der Waals surface area contributed by atoms with Gasteiger partial charge in [0.05, 0.1) is 0 Å². The van der Waals surface area contributed by atoms with E-state index in [4.69, 9.17) is 0 Å². The summed E-state index contributed by atoms with van der Waals surface area (Å²) in [6, 6.07) is 4.10. The van der Waals surface area contributed by atoms with Crippen LogP contribution in [0.15, 0.2) is 29.9 Å². The summed E-state index contributed by atoms with van der Waals surface area (Å²) >= 11 is 1.26. The normalized spacial score (nSPS) is 13.7. The van der Waals surface area contributed by atoms with Crippen molar-refractivity contribution in [2.45, 2.75) is 32.4 Å². The van der Waals surface area contributed by atoms with Gasteiger partial charge in [-0.1, -0.05) is 0 Å². The summed E-state index contributed by atoms with van der Waals surface area (Å²) in [4.78, 5) is 33.8. The number of nitrogens with one attached hydrogen (secondary N) is 1. The minimum Gasteiger partial charge on any atom is -0.330 e. The van der Waals surface area contributed by atoms with Gasteiger partial charge in [0.1, 0.15) is 5.69 Å². The molecule has 1 aliphatic carbocycles. The van der Waals surface area contributed by atoms with Gasteiger partial charge in [-0.2, -0.15) is 0 Å². The van der Waals surface area contributed by atoms with Gasteiger partial charge in [-0.05, 0) is 30.5 Å². The molecule has 0 radical (unpaired) electrons. The average Bonchev–Trinajstić information content (AvgIpc) is 3.24. The zero-order chi connectivity index (χ0) is 15.5. The standard InChI is InChI=1S/C15H16N4O2S/c1-10(20)17-15-18-13(9-22-15)14(21)19(12-2-3-12)8-11-4-6-16-7-5-11/h4-7,9,12H,2-3,8H2,1H3,(H,17,18,20). The van der Waals surface area contributed by atoms with Crippen LogP contribution in [0.25, 0.3) is 0 Å². The molecule has 1 aliphatic rings. The molecule has 7 heteroatoms. The Bertz CT molecular complexity index is 682. The first-order chi connectivity index (χ1) is 10.6. The molecule has 0 atom stereocenters. The van der Waals surface area contributed by atoms with Crippen LogP contribution in [0, 0.1) is 0 Å². The van der Waals surface area contributed by atoms with E-state index in [1.807, 2.05) is 17.0 Å². The van der Waals surface area contributed by atoms with Crippen LogP contribution in [-0.4, -0.2) is 32.7 Å². The van der Waals surface area contributed by atoms with E-state index in [0.717, 1.165) is 18.4 Å². The summed E-state index contributed by atoms with van der Waals surface area (Å²) in [5.74, 6) is -0.281. The molecular weight excluding hydrogens is 300 g/mol. The fourth-order valence-corrected chi connectivity index (χ4v) is 2.90. The predicted molar refractivity (Wildman–Crippen MR) is 83.6 cm³/mol. The van der Waals surface area contributed by atoms with Crippen LogP contribution in [0.4, 0.5) is 5.13 Å². The van der Waals surface area contributed by atoms with Gasteiger partial charge in [-0.3, -0.25) is 14.6 Å². The van der Waals surface area contributed by atoms with Gasteiger partial charge >= 0.3 is 0 Å². The maximum Gasteiger partial charge on any atom is 0.273 e. The lowest BCUT2D eigenvalue weighted by Gasteiger charge is -2.21. The Labute approximate surface area is 132 Å². The number of anilines is 1. The third kappa shape index (κ3) is 3.48. The number of thiazole rings is 1. The Morgan fingerprint density at radius 1 is 1.36 bits per heavy atom. The van der Waals surface area contributed by atoms with E-state index in [0.29, 0.717) is 17.4 Å². The number of carbonyl (C=O) groups is 2. The smallest absolute Gasteiger partial charge is 0.273 e. The molecule has 0 spiro atoms. The van der Waals surface area contributed by atoms with Crippen LogP contribution in [0.1, 0.15) is 35.8 Å². The first-order valence-electron chi connectivity index (χ1n) is 7.06. The molecule has 0 bridgehead atoms. The second-order valence-electron chi connectivity index (χ2n) is 5.24. The maximum atomic E-state index is 12.7. The third-order valence-corrected chi connectivity index (χ3v) is 4.11. The second-order valence-corrected chi connectivity index (χ2v) is 6.10. The zero-order valence-electron chi connectivity index (χ0n) is 12.2. The highest BCUT2D eigenvalue weighted by Gasteiger charge is 2.34. The molecule has 114 valence electrons. The van der Waals surface area contributed by atoms with Gasteiger partial charge < -0.3 is 10.2 Å². The number of pyridine rings is 1. The lowest BCUT2D eigenvalue weighted by molar-refractivity contribution is -0.114. The largest absolute Gasteiger partial charge is 0.330 e. The highest BCUT2D eigenvalue weighted by molar-refractivity contribution is 7.14. The molecule has 3 rings (SSSR count). The molecule has 2 aromatic heterocycles. The predicted octanol–water partition coefficient (Wildman–Crippen LogP) is 2.30. The fraction of sp³-hybridized carbons (Fsp3) is 0.333. The molecule has 6 nitrogen and oxygen atoms in total. The van der Waals surface area contributed by atoms with Crippen LogP contribution in [0.5, 0.6) is 0 Å². The molecule has 0 saturated heterocycles. The van der Waals surface area contributed by atoms with E-state index in [1.165, 1.54) is 18.3 Å². The highest BCUT2D eigenvalue weighted by Crippen LogP contribution is 2.30. The van der Waals surface area contributed by atoms with Crippen LogP contribution >= 0.6 is 11.3 Å². The van der Waals surface area contributed by atoms with Gasteiger partial charge in [0.15, 0.2) is 5.13 Å². The van der Waals surface area contributed by atoms with Gasteiger partial charge in [-0.25, -0.2) is 4.98 Å². The molecule has 0 aromatic carbocycles. The van der Waals surface area contributed by atoms with Gasteiger partial charge in [0, 0.05) is 37.3 Å². The Balaban J connectivity index is 1.75. The highest BCUT2D eigenvalue weighted by atomic mass is 32.1. The minimum absolute atomic E-state index is 0.0906. The van der Waals surface area contributed by atoms with Crippen LogP contribution in [-0.2, 0) is 11.3 Å². The summed E-state index contributed by atoms with van der Waals surface area (Å²) in [6.07, 6.45) is 5.50. The Morgan fingerprint density at radius 3 is 2.73 bits per heavy atom. The van der Waals surface area contributed by atoms with Crippen molar-refractivity contribution in [3.63, 3.8) is 0 Å². The summed E-state index contributed by atoms with van der Waals surface area (Å²) in [5.41, 5.74) is 1.43. The molecule has 2 heterocycles. The fourth-order valence-electron chi connectivity index (χ4n) is 2.16. The number of amides is 2. The Morgan fingerprint density at radius 2 is 2.09 bits per heavy atom. The van der Waals surface area contributed by atoms with Crippen molar-refractivity contribution in [3.8, 4) is 0 Å². The molecule has 1 saturated carbocycles. The average molecular weight is 316 g/mol. The van der Waals surface area contributed by atoms with Crippen LogP contribution in [0.2, 0.25) is 0 Å². The Hall–Kier alpha value is -2.28. The van der Waals surface area contributed by atoms with E-state index in [2.05, 4.69) is 15.3 Å². The number of hydrogen-bond donors (Lipinski definition) is 1. The first-order valence-corrected chi connectivity index (χ1v) is 7.94. The SMILES string of the molecule is CC(=O)Nc1nc(C(=O)N(Cc2ccncc2)C2CC2)cs1. The van der Waals surface area contributed by atoms with E-state index in [-0.39, 0.29) is 17.9 Å². The molecular formula is C15H16N4O2S. The van der Waals surface area contributed by atoms with E-state index >= 15 is 0 Å². The van der Waals surface area contributed by atoms with Crippen LogP contribution in [0.3, 0.4) is 0 Å². The lowest BCUT2D eigenvalue weighted by Crippen LogP contribution is -2.32. The minimum atomic E-state index is -0.191. The van der Waals surface area contributed by atoms with E-state index in [1.54, 1.807) is 17.8 Å². The summed E-state index contributed by atoms with van der Waals surface area (Å²) in [5, 5.41) is 4.75. The number of nitrogens with zero attached hydrogens (tertiary/aromatic N) is 3. The van der Waals surface area contributed by atoms with Crippen molar-refractivity contribution in [3.05, 3.63) is 41.2 Å². The van der Waals surface area contributed by atoms with E-state index < -0.39 is 0 Å². The quantitative estimate of drug-likeness (QED) is 0.918. The topological polar surface area (TPSA) is 75.2 Å². The van der Waals surface area contributed by atoms with Crippen molar-refractivity contribution < 1.29 is 9.59 Å². The molecule has 1 fully saturated rings. The number of carbonyl (C=O) groups excluding carboxylic acids is 2. The third-order valence-electron chi connectivity index (χ3n) is 3.36. The first kappa shape index (κ1) is 14.6. The second kappa shape index (κ2) is 6.23. The van der Waals surface area contributed by atoms with Crippen LogP contribution < -0.4 is 5.32 Å². The molecule has 2 aromatic rings. The number of hydrogen-bond acceptors (Lipinski definition) is 5. The van der Waals surface area contributed by atoms with Crippen molar-refractivity contribution in [1.82, 2.24) is 14.9 Å². The van der Waals surface area contributed by atoms with Crippen molar-refractivity contribution in [1.29, 1.82) is 0 Å². The number of aromatic nitrogens is 2.